The van der Waals surface area contributed by atoms with Crippen LogP contribution in [0.3, 0.4) is 0 Å². The number of hydrogen-bond acceptors (Lipinski definition) is 3. The van der Waals surface area contributed by atoms with Gasteiger partial charge >= 0.3 is 0 Å². The van der Waals surface area contributed by atoms with E-state index < -0.39 is 5.60 Å². The van der Waals surface area contributed by atoms with Gasteiger partial charge in [-0.2, -0.15) is 0 Å². The molecular weight excluding hydrogens is 245 g/mol. The standard InChI is InChI=1S/C15H20FNO2/c1-19-14-5-4-11(16)9-13(14)15(18)6-8-17-7-2-3-12(17)10-15/h4-5,9,12,18H,2-3,6-8,10H2,1H3. The molecule has 0 amide bonds. The third-order valence-corrected chi connectivity index (χ3v) is 4.55. The highest BCUT2D eigenvalue weighted by Crippen LogP contribution is 2.42. The highest BCUT2D eigenvalue weighted by molar-refractivity contribution is 5.39. The van der Waals surface area contributed by atoms with Gasteiger partial charge in [-0.05, 0) is 50.4 Å². The quantitative estimate of drug-likeness (QED) is 0.890. The van der Waals surface area contributed by atoms with E-state index in [1.807, 2.05) is 0 Å². The lowest BCUT2D eigenvalue weighted by molar-refractivity contribution is -0.0424. The number of rotatable bonds is 2. The highest BCUT2D eigenvalue weighted by atomic mass is 19.1. The molecule has 1 N–H and O–H groups in total. The summed E-state index contributed by atoms with van der Waals surface area (Å²) in [6, 6.07) is 4.82. The normalized spacial score (nSPS) is 31.2. The van der Waals surface area contributed by atoms with Crippen LogP contribution in [0.4, 0.5) is 4.39 Å². The molecule has 2 heterocycles. The molecule has 0 bridgehead atoms. The molecule has 0 spiro atoms. The van der Waals surface area contributed by atoms with Crippen molar-refractivity contribution in [3.63, 3.8) is 0 Å². The Labute approximate surface area is 113 Å². The summed E-state index contributed by atoms with van der Waals surface area (Å²) < 4.78 is 18.8. The molecular formula is C15H20FNO2. The SMILES string of the molecule is COc1ccc(F)cc1C1(O)CCN2CCCC2C1. The Balaban J connectivity index is 1.93. The Kier molecular flexibility index (Phi) is 3.23. The predicted octanol–water partition coefficient (Wildman–Crippen LogP) is 2.28. The number of aliphatic hydroxyl groups is 1. The molecule has 4 heteroatoms. The van der Waals surface area contributed by atoms with E-state index in [1.165, 1.54) is 18.6 Å². The zero-order chi connectivity index (χ0) is 13.5. The van der Waals surface area contributed by atoms with E-state index in [2.05, 4.69) is 4.90 Å². The van der Waals surface area contributed by atoms with Crippen molar-refractivity contribution in [3.05, 3.63) is 29.6 Å². The van der Waals surface area contributed by atoms with Crippen LogP contribution in [0.15, 0.2) is 18.2 Å². The van der Waals surface area contributed by atoms with Gasteiger partial charge in [-0.3, -0.25) is 0 Å². The fourth-order valence-corrected chi connectivity index (χ4v) is 3.53. The molecule has 2 fully saturated rings. The third-order valence-electron chi connectivity index (χ3n) is 4.55. The molecule has 19 heavy (non-hydrogen) atoms. The summed E-state index contributed by atoms with van der Waals surface area (Å²) in [5.74, 6) is 0.258. The highest BCUT2D eigenvalue weighted by Gasteiger charge is 2.42. The zero-order valence-electron chi connectivity index (χ0n) is 11.2. The largest absolute Gasteiger partial charge is 0.496 e. The Morgan fingerprint density at radius 3 is 3.05 bits per heavy atom. The number of nitrogens with zero attached hydrogens (tertiary/aromatic N) is 1. The monoisotopic (exact) mass is 265 g/mol. The molecule has 1 aromatic rings. The summed E-state index contributed by atoms with van der Waals surface area (Å²) in [5, 5.41) is 11.0. The maximum absolute atomic E-state index is 13.5. The van der Waals surface area contributed by atoms with Gasteiger partial charge in [-0.15, -0.1) is 0 Å². The van der Waals surface area contributed by atoms with Crippen molar-refractivity contribution in [3.8, 4) is 5.75 Å². The Bertz CT molecular complexity index is 479. The smallest absolute Gasteiger partial charge is 0.125 e. The van der Waals surface area contributed by atoms with E-state index in [0.717, 1.165) is 19.5 Å². The average molecular weight is 265 g/mol. The first-order chi connectivity index (χ1) is 9.12. The average Bonchev–Trinajstić information content (AvgIpc) is 2.85. The Morgan fingerprint density at radius 2 is 2.26 bits per heavy atom. The maximum atomic E-state index is 13.5. The molecule has 0 aliphatic carbocycles. The Morgan fingerprint density at radius 1 is 1.42 bits per heavy atom. The maximum Gasteiger partial charge on any atom is 0.125 e. The predicted molar refractivity (Wildman–Crippen MR) is 70.7 cm³/mol. The molecule has 0 aromatic heterocycles. The lowest BCUT2D eigenvalue weighted by atomic mass is 9.80. The van der Waals surface area contributed by atoms with Crippen molar-refractivity contribution < 1.29 is 14.2 Å². The second-order valence-electron chi connectivity index (χ2n) is 5.66. The van der Waals surface area contributed by atoms with E-state index in [4.69, 9.17) is 4.74 Å². The zero-order valence-corrected chi connectivity index (χ0v) is 11.2. The first-order valence-electron chi connectivity index (χ1n) is 6.93. The summed E-state index contributed by atoms with van der Waals surface area (Å²) in [6.45, 7) is 2.00. The third kappa shape index (κ3) is 2.23. The molecule has 2 aliphatic heterocycles. The molecule has 1 aromatic carbocycles. The molecule has 0 radical (unpaired) electrons. The number of methoxy groups -OCH3 is 1. The van der Waals surface area contributed by atoms with Crippen LogP contribution in [-0.4, -0.2) is 36.2 Å². The molecule has 3 nitrogen and oxygen atoms in total. The fourth-order valence-electron chi connectivity index (χ4n) is 3.53. The molecule has 3 rings (SSSR count). The van der Waals surface area contributed by atoms with Crippen molar-refractivity contribution in [2.75, 3.05) is 20.2 Å². The van der Waals surface area contributed by atoms with Gasteiger partial charge in [0.1, 0.15) is 11.6 Å². The van der Waals surface area contributed by atoms with Crippen LogP contribution in [0.5, 0.6) is 5.75 Å². The molecule has 2 unspecified atom stereocenters. The summed E-state index contributed by atoms with van der Waals surface area (Å²) >= 11 is 0. The molecule has 104 valence electrons. The second kappa shape index (κ2) is 4.76. The number of piperidine rings is 1. The molecule has 2 aliphatic rings. The minimum absolute atomic E-state index is 0.321. The van der Waals surface area contributed by atoms with Crippen molar-refractivity contribution in [1.82, 2.24) is 4.90 Å². The summed E-state index contributed by atoms with van der Waals surface area (Å²) in [5.41, 5.74) is -0.361. The van der Waals surface area contributed by atoms with Crippen LogP contribution in [0.1, 0.15) is 31.2 Å². The molecule has 2 saturated heterocycles. The van der Waals surface area contributed by atoms with E-state index in [1.54, 1.807) is 13.2 Å². The number of benzene rings is 1. The Hall–Kier alpha value is -1.13. The lowest BCUT2D eigenvalue weighted by Crippen LogP contribution is -2.46. The topological polar surface area (TPSA) is 32.7 Å². The van der Waals surface area contributed by atoms with Gasteiger partial charge in [0.05, 0.1) is 12.7 Å². The minimum atomic E-state index is -0.959. The van der Waals surface area contributed by atoms with Gasteiger partial charge in [0.2, 0.25) is 0 Å². The van der Waals surface area contributed by atoms with Gasteiger partial charge in [0.25, 0.3) is 0 Å². The van der Waals surface area contributed by atoms with Crippen LogP contribution in [-0.2, 0) is 5.60 Å². The van der Waals surface area contributed by atoms with Gasteiger partial charge in [0.15, 0.2) is 0 Å². The van der Waals surface area contributed by atoms with Crippen molar-refractivity contribution in [2.45, 2.75) is 37.3 Å². The van der Waals surface area contributed by atoms with E-state index in [9.17, 15) is 9.50 Å². The fraction of sp³-hybridized carbons (Fsp3) is 0.600. The number of halogens is 1. The first-order valence-corrected chi connectivity index (χ1v) is 6.93. The van der Waals surface area contributed by atoms with Crippen LogP contribution in [0, 0.1) is 5.82 Å². The molecule has 0 saturated carbocycles. The van der Waals surface area contributed by atoms with Crippen molar-refractivity contribution in [1.29, 1.82) is 0 Å². The van der Waals surface area contributed by atoms with E-state index in [-0.39, 0.29) is 5.82 Å². The lowest BCUT2D eigenvalue weighted by Gasteiger charge is -2.41. The van der Waals surface area contributed by atoms with E-state index >= 15 is 0 Å². The molecule has 2 atom stereocenters. The van der Waals surface area contributed by atoms with Gasteiger partial charge < -0.3 is 14.7 Å². The number of fused-ring (bicyclic) bond motifs is 1. The van der Waals surface area contributed by atoms with Gasteiger partial charge in [0, 0.05) is 18.2 Å². The van der Waals surface area contributed by atoms with Gasteiger partial charge in [-0.25, -0.2) is 4.39 Å². The van der Waals surface area contributed by atoms with E-state index in [0.29, 0.717) is 30.2 Å². The van der Waals surface area contributed by atoms with Crippen molar-refractivity contribution in [2.24, 2.45) is 0 Å². The van der Waals surface area contributed by atoms with Crippen LogP contribution >= 0.6 is 0 Å². The second-order valence-corrected chi connectivity index (χ2v) is 5.66. The number of ether oxygens (including phenoxy) is 1. The minimum Gasteiger partial charge on any atom is -0.496 e. The van der Waals surface area contributed by atoms with Crippen LogP contribution in [0.2, 0.25) is 0 Å². The van der Waals surface area contributed by atoms with Crippen molar-refractivity contribution >= 4 is 0 Å². The first kappa shape index (κ1) is 12.9. The number of hydrogen-bond donors (Lipinski definition) is 1. The van der Waals surface area contributed by atoms with Gasteiger partial charge in [-0.1, -0.05) is 0 Å². The summed E-state index contributed by atoms with van der Waals surface area (Å²) in [7, 11) is 1.56. The van der Waals surface area contributed by atoms with Crippen LogP contribution in [0.25, 0.3) is 0 Å². The van der Waals surface area contributed by atoms with Crippen LogP contribution < -0.4 is 4.74 Å². The summed E-state index contributed by atoms with van der Waals surface area (Å²) in [4.78, 5) is 2.43. The summed E-state index contributed by atoms with van der Waals surface area (Å²) in [6.07, 6.45) is 3.64.